The lowest BCUT2D eigenvalue weighted by molar-refractivity contribution is -0.0737. The second-order valence-electron chi connectivity index (χ2n) is 4.05. The van der Waals surface area contributed by atoms with Crippen LogP contribution in [0.1, 0.15) is 19.3 Å². The zero-order valence-electron chi connectivity index (χ0n) is 7.24. The van der Waals surface area contributed by atoms with Gasteiger partial charge in [-0.25, -0.2) is 0 Å². The average Bonchev–Trinajstić information content (AvgIpc) is 2.12. The first-order valence-corrected chi connectivity index (χ1v) is 4.86. The first-order valence-electron chi connectivity index (χ1n) is 4.86. The normalized spacial score (nSPS) is 48.5. The lowest BCUT2D eigenvalue weighted by Gasteiger charge is -2.41. The van der Waals surface area contributed by atoms with Crippen LogP contribution < -0.4 is 5.32 Å². The number of aliphatic hydroxyl groups is 2. The molecule has 3 N–H and O–H groups in total. The molecule has 0 amide bonds. The second-order valence-corrected chi connectivity index (χ2v) is 4.05. The van der Waals surface area contributed by atoms with Crippen molar-refractivity contribution in [3.8, 4) is 0 Å². The number of hydrogen-bond donors (Lipinski definition) is 3. The SMILES string of the molecule is OC1CCC2CCNCC2C1O. The molecule has 2 aliphatic rings. The Kier molecular flexibility index (Phi) is 2.35. The van der Waals surface area contributed by atoms with Gasteiger partial charge in [0.15, 0.2) is 0 Å². The van der Waals surface area contributed by atoms with Gasteiger partial charge in [0.05, 0.1) is 12.2 Å². The molecular weight excluding hydrogens is 154 g/mol. The molecule has 4 atom stereocenters. The molecule has 4 unspecified atom stereocenters. The second kappa shape index (κ2) is 3.32. The Balaban J connectivity index is 2.03. The molecule has 0 radical (unpaired) electrons. The minimum Gasteiger partial charge on any atom is -0.390 e. The van der Waals surface area contributed by atoms with Crippen LogP contribution in [0, 0.1) is 11.8 Å². The van der Waals surface area contributed by atoms with Crippen LogP contribution in [0.25, 0.3) is 0 Å². The largest absolute Gasteiger partial charge is 0.390 e. The van der Waals surface area contributed by atoms with Crippen LogP contribution in [-0.4, -0.2) is 35.5 Å². The summed E-state index contributed by atoms with van der Waals surface area (Å²) in [6, 6.07) is 0. The van der Waals surface area contributed by atoms with E-state index in [1.807, 2.05) is 0 Å². The average molecular weight is 171 g/mol. The molecule has 0 spiro atoms. The van der Waals surface area contributed by atoms with Gasteiger partial charge in [0, 0.05) is 12.5 Å². The van der Waals surface area contributed by atoms with Crippen molar-refractivity contribution in [2.45, 2.75) is 31.5 Å². The molecule has 3 heteroatoms. The van der Waals surface area contributed by atoms with Crippen LogP contribution in [0.4, 0.5) is 0 Å². The maximum atomic E-state index is 9.68. The summed E-state index contributed by atoms with van der Waals surface area (Å²) >= 11 is 0. The topological polar surface area (TPSA) is 52.5 Å². The van der Waals surface area contributed by atoms with Gasteiger partial charge in [-0.1, -0.05) is 0 Å². The molecule has 70 valence electrons. The van der Waals surface area contributed by atoms with Crippen LogP contribution in [0.3, 0.4) is 0 Å². The van der Waals surface area contributed by atoms with Crippen molar-refractivity contribution >= 4 is 0 Å². The lowest BCUT2D eigenvalue weighted by atomic mass is 9.73. The lowest BCUT2D eigenvalue weighted by Crippen LogP contribution is -2.50. The Labute approximate surface area is 72.8 Å². The van der Waals surface area contributed by atoms with Gasteiger partial charge >= 0.3 is 0 Å². The highest BCUT2D eigenvalue weighted by molar-refractivity contribution is 4.90. The molecule has 0 bridgehead atoms. The van der Waals surface area contributed by atoms with E-state index in [1.165, 1.54) is 0 Å². The molecule has 12 heavy (non-hydrogen) atoms. The van der Waals surface area contributed by atoms with Gasteiger partial charge in [-0.3, -0.25) is 0 Å². The minimum absolute atomic E-state index is 0.294. The summed E-state index contributed by atoms with van der Waals surface area (Å²) in [5, 5.41) is 22.4. The predicted molar refractivity (Wildman–Crippen MR) is 45.7 cm³/mol. The van der Waals surface area contributed by atoms with Crippen molar-refractivity contribution < 1.29 is 10.2 Å². The van der Waals surface area contributed by atoms with Gasteiger partial charge in [0.1, 0.15) is 0 Å². The summed E-state index contributed by atoms with van der Waals surface area (Å²) in [7, 11) is 0. The Morgan fingerprint density at radius 2 is 1.92 bits per heavy atom. The fourth-order valence-corrected chi connectivity index (χ4v) is 2.54. The highest BCUT2D eigenvalue weighted by Crippen LogP contribution is 2.34. The van der Waals surface area contributed by atoms with E-state index in [9.17, 15) is 10.2 Å². The quantitative estimate of drug-likeness (QED) is 0.470. The van der Waals surface area contributed by atoms with Gasteiger partial charge in [-0.05, 0) is 31.7 Å². The minimum atomic E-state index is -0.489. The molecule has 2 rings (SSSR count). The zero-order chi connectivity index (χ0) is 8.55. The highest BCUT2D eigenvalue weighted by Gasteiger charge is 2.38. The smallest absolute Gasteiger partial charge is 0.0841 e. The molecule has 0 aromatic heterocycles. The first kappa shape index (κ1) is 8.48. The van der Waals surface area contributed by atoms with E-state index in [2.05, 4.69) is 5.32 Å². The van der Waals surface area contributed by atoms with Crippen LogP contribution in [-0.2, 0) is 0 Å². The van der Waals surface area contributed by atoms with Gasteiger partial charge in [0.2, 0.25) is 0 Å². The highest BCUT2D eigenvalue weighted by atomic mass is 16.3. The molecule has 1 saturated carbocycles. The Morgan fingerprint density at radius 3 is 2.75 bits per heavy atom. The van der Waals surface area contributed by atoms with Crippen LogP contribution >= 0.6 is 0 Å². The van der Waals surface area contributed by atoms with E-state index < -0.39 is 12.2 Å². The van der Waals surface area contributed by atoms with Crippen LogP contribution in [0.2, 0.25) is 0 Å². The number of nitrogens with one attached hydrogen (secondary N) is 1. The molecule has 1 saturated heterocycles. The maximum absolute atomic E-state index is 9.68. The molecule has 1 heterocycles. The molecule has 1 aliphatic heterocycles. The van der Waals surface area contributed by atoms with Crippen molar-refractivity contribution in [1.29, 1.82) is 0 Å². The van der Waals surface area contributed by atoms with Gasteiger partial charge in [-0.15, -0.1) is 0 Å². The van der Waals surface area contributed by atoms with Crippen molar-refractivity contribution in [3.05, 3.63) is 0 Å². The number of piperidine rings is 1. The van der Waals surface area contributed by atoms with Crippen molar-refractivity contribution in [2.75, 3.05) is 13.1 Å². The number of rotatable bonds is 0. The summed E-state index contributed by atoms with van der Waals surface area (Å²) in [5.74, 6) is 0.937. The summed E-state index contributed by atoms with van der Waals surface area (Å²) in [4.78, 5) is 0. The molecule has 0 aromatic carbocycles. The summed E-state index contributed by atoms with van der Waals surface area (Å²) in [6.07, 6.45) is 2.06. The third kappa shape index (κ3) is 1.37. The molecule has 0 aromatic rings. The van der Waals surface area contributed by atoms with Gasteiger partial charge in [-0.2, -0.15) is 0 Å². The molecule has 2 fully saturated rings. The summed E-state index contributed by atoms with van der Waals surface area (Å²) in [6.45, 7) is 1.95. The number of aliphatic hydroxyl groups excluding tert-OH is 2. The summed E-state index contributed by atoms with van der Waals surface area (Å²) in [5.41, 5.74) is 0. The fraction of sp³-hybridized carbons (Fsp3) is 1.00. The van der Waals surface area contributed by atoms with Crippen LogP contribution in [0.15, 0.2) is 0 Å². The maximum Gasteiger partial charge on any atom is 0.0841 e. The Morgan fingerprint density at radius 1 is 1.08 bits per heavy atom. The summed E-state index contributed by atoms with van der Waals surface area (Å²) < 4.78 is 0. The third-order valence-corrected chi connectivity index (χ3v) is 3.34. The van der Waals surface area contributed by atoms with E-state index in [1.54, 1.807) is 0 Å². The van der Waals surface area contributed by atoms with Gasteiger partial charge < -0.3 is 15.5 Å². The van der Waals surface area contributed by atoms with E-state index >= 15 is 0 Å². The molecular formula is C9H17NO2. The Hall–Kier alpha value is -0.120. The third-order valence-electron chi connectivity index (χ3n) is 3.34. The van der Waals surface area contributed by atoms with Crippen molar-refractivity contribution in [1.82, 2.24) is 5.32 Å². The standard InChI is InChI=1S/C9H17NO2/c11-8-2-1-6-3-4-10-5-7(6)9(8)12/h6-12H,1-5H2. The van der Waals surface area contributed by atoms with E-state index in [0.717, 1.165) is 32.4 Å². The van der Waals surface area contributed by atoms with E-state index in [0.29, 0.717) is 11.8 Å². The fourth-order valence-electron chi connectivity index (χ4n) is 2.54. The van der Waals surface area contributed by atoms with E-state index in [-0.39, 0.29) is 0 Å². The number of fused-ring (bicyclic) bond motifs is 1. The number of hydrogen-bond acceptors (Lipinski definition) is 3. The molecule has 3 nitrogen and oxygen atoms in total. The first-order chi connectivity index (χ1) is 5.79. The monoisotopic (exact) mass is 171 g/mol. The van der Waals surface area contributed by atoms with Gasteiger partial charge in [0.25, 0.3) is 0 Å². The van der Waals surface area contributed by atoms with E-state index in [4.69, 9.17) is 0 Å². The predicted octanol–water partition coefficient (Wildman–Crippen LogP) is -0.272. The van der Waals surface area contributed by atoms with Crippen molar-refractivity contribution in [2.24, 2.45) is 11.8 Å². The Bertz CT molecular complexity index is 161. The zero-order valence-corrected chi connectivity index (χ0v) is 7.24. The molecule has 1 aliphatic carbocycles. The van der Waals surface area contributed by atoms with Crippen LogP contribution in [0.5, 0.6) is 0 Å². The van der Waals surface area contributed by atoms with Crippen molar-refractivity contribution in [3.63, 3.8) is 0 Å².